The molecule has 8 heteroatoms. The molecule has 250 valence electrons. The van der Waals surface area contributed by atoms with Crippen molar-refractivity contribution in [2.75, 3.05) is 57.3 Å². The van der Waals surface area contributed by atoms with Crippen molar-refractivity contribution in [1.29, 1.82) is 0 Å². The van der Waals surface area contributed by atoms with Crippen molar-refractivity contribution in [2.24, 2.45) is 23.7 Å². The van der Waals surface area contributed by atoms with Gasteiger partial charge in [0, 0.05) is 67.6 Å². The molecule has 46 heavy (non-hydrogen) atoms. The molecule has 3 aliphatic heterocycles. The van der Waals surface area contributed by atoms with Gasteiger partial charge in [0.2, 0.25) is 0 Å². The topological polar surface area (TPSA) is 56.8 Å². The fraction of sp³-hybridized carbons (Fsp3) is 0.579. The van der Waals surface area contributed by atoms with Crippen LogP contribution in [-0.2, 0) is 6.42 Å². The van der Waals surface area contributed by atoms with Crippen LogP contribution in [0.5, 0.6) is 5.75 Å². The first-order chi connectivity index (χ1) is 22.3. The highest BCUT2D eigenvalue weighted by Crippen LogP contribution is 2.45. The van der Waals surface area contributed by atoms with Crippen LogP contribution in [0.25, 0.3) is 0 Å². The van der Waals surface area contributed by atoms with Crippen LogP contribution in [0.4, 0.5) is 5.69 Å². The number of ether oxygens (including phenoxy) is 1. The summed E-state index contributed by atoms with van der Waals surface area (Å²) in [5.41, 5.74) is 4.37. The van der Waals surface area contributed by atoms with Crippen molar-refractivity contribution in [3.63, 3.8) is 0 Å². The number of hydrogen-bond donors (Lipinski definition) is 2. The summed E-state index contributed by atoms with van der Waals surface area (Å²) in [6.07, 6.45) is 10.6. The molecule has 0 spiro atoms. The van der Waals surface area contributed by atoms with Crippen LogP contribution in [0.2, 0.25) is 5.02 Å². The third-order valence-corrected chi connectivity index (χ3v) is 13.1. The van der Waals surface area contributed by atoms with Crippen molar-refractivity contribution < 1.29 is 9.53 Å². The van der Waals surface area contributed by atoms with Gasteiger partial charge in [-0.25, -0.2) is 0 Å². The van der Waals surface area contributed by atoms with Gasteiger partial charge in [-0.15, -0.1) is 0 Å². The number of anilines is 1. The van der Waals surface area contributed by atoms with E-state index in [2.05, 4.69) is 76.8 Å². The van der Waals surface area contributed by atoms with Crippen molar-refractivity contribution in [1.82, 2.24) is 14.9 Å². The predicted octanol–water partition coefficient (Wildman–Crippen LogP) is 7.15. The second-order valence-electron chi connectivity index (χ2n) is 14.1. The minimum absolute atomic E-state index is 0.0518. The number of carbonyl (C=O) groups excluding carboxylic acids is 1. The first-order valence-corrected chi connectivity index (χ1v) is 19.4. The number of benzene rings is 2. The van der Waals surface area contributed by atoms with Crippen LogP contribution < -0.4 is 19.7 Å². The number of nitrogens with one attached hydrogen (secondary N) is 2. The molecule has 7 atom stereocenters. The highest BCUT2D eigenvalue weighted by molar-refractivity contribution is 8.13. The summed E-state index contributed by atoms with van der Waals surface area (Å²) in [5, 5.41) is 4.60. The first-order valence-electron chi connectivity index (χ1n) is 17.5. The number of rotatable bonds is 5. The standard InChI is InChI=1S/C38H53ClN4O2S/c1-5-7-28-20-33(39)12-14-34(28)32-24-43-23-31-10-13-35(31)30(22-42-18-16-40-17-19-42)9-6-8-26(2)27(3)46(4)41-38(44)29-11-15-37(45-25-32)36(43)21-29/h6,9,11-12,14-15,20-21,26-27,30-32,35,40H,4-5,7-8,10,13,16-19,22-25H2,1-3H3,(H,41,44)/b9-6+. The summed E-state index contributed by atoms with van der Waals surface area (Å²) in [6.45, 7) is 14.7. The Balaban J connectivity index is 1.36. The van der Waals surface area contributed by atoms with Gasteiger partial charge in [0.05, 0.1) is 12.3 Å². The van der Waals surface area contributed by atoms with Gasteiger partial charge < -0.3 is 24.6 Å². The van der Waals surface area contributed by atoms with E-state index in [-0.39, 0.29) is 17.1 Å². The maximum absolute atomic E-state index is 13.6. The number of piperazine rings is 1. The van der Waals surface area contributed by atoms with Gasteiger partial charge in [-0.1, -0.05) is 73.6 Å². The van der Waals surface area contributed by atoms with Crippen molar-refractivity contribution in [3.8, 4) is 5.75 Å². The minimum atomic E-state index is -0.490. The van der Waals surface area contributed by atoms with E-state index in [0.29, 0.717) is 35.8 Å². The fourth-order valence-corrected chi connectivity index (χ4v) is 9.27. The van der Waals surface area contributed by atoms with Crippen LogP contribution in [0.3, 0.4) is 0 Å². The Morgan fingerprint density at radius 2 is 1.91 bits per heavy atom. The summed E-state index contributed by atoms with van der Waals surface area (Å²) >= 11 is 6.48. The molecule has 0 aromatic heterocycles. The third-order valence-electron chi connectivity index (χ3n) is 11.0. The zero-order valence-corrected chi connectivity index (χ0v) is 29.6. The number of allylic oxidation sites excluding steroid dienone is 1. The Hall–Kier alpha value is -2.32. The molecule has 1 amide bonds. The van der Waals surface area contributed by atoms with Gasteiger partial charge in [-0.05, 0) is 90.8 Å². The van der Waals surface area contributed by atoms with Crippen LogP contribution in [0.1, 0.15) is 73.9 Å². The summed E-state index contributed by atoms with van der Waals surface area (Å²) < 4.78 is 9.85. The van der Waals surface area contributed by atoms with E-state index < -0.39 is 10.7 Å². The van der Waals surface area contributed by atoms with Crippen molar-refractivity contribution in [3.05, 3.63) is 70.3 Å². The molecule has 2 aromatic rings. The maximum atomic E-state index is 13.6. The van der Waals surface area contributed by atoms with Gasteiger partial charge in [0.15, 0.2) is 0 Å². The largest absolute Gasteiger partial charge is 0.491 e. The number of carbonyl (C=O) groups is 1. The normalized spacial score (nSPS) is 31.5. The minimum Gasteiger partial charge on any atom is -0.491 e. The zero-order chi connectivity index (χ0) is 32.2. The highest BCUT2D eigenvalue weighted by atomic mass is 35.5. The molecular formula is C38H53ClN4O2S. The Labute approximate surface area is 284 Å². The van der Waals surface area contributed by atoms with Gasteiger partial charge in [0.1, 0.15) is 5.75 Å². The Kier molecular flexibility index (Phi) is 11.1. The average Bonchev–Trinajstić information content (AvgIpc) is 3.22. The lowest BCUT2D eigenvalue weighted by Crippen LogP contribution is -2.48. The predicted molar refractivity (Wildman–Crippen MR) is 196 cm³/mol. The molecule has 7 unspecified atom stereocenters. The van der Waals surface area contributed by atoms with Crippen molar-refractivity contribution >= 4 is 39.7 Å². The van der Waals surface area contributed by atoms with Crippen LogP contribution in [0.15, 0.2) is 48.6 Å². The van der Waals surface area contributed by atoms with E-state index in [1.165, 1.54) is 24.0 Å². The molecule has 1 aliphatic carbocycles. The van der Waals surface area contributed by atoms with Gasteiger partial charge in [-0.3, -0.25) is 4.79 Å². The molecule has 2 bridgehead atoms. The molecule has 2 N–H and O–H groups in total. The number of nitrogens with zero attached hydrogens (tertiary/aromatic N) is 2. The van der Waals surface area contributed by atoms with Crippen molar-refractivity contribution in [2.45, 2.75) is 64.0 Å². The number of aryl methyl sites for hydroxylation is 1. The van der Waals surface area contributed by atoms with Crippen LogP contribution in [-0.4, -0.2) is 74.3 Å². The Morgan fingerprint density at radius 3 is 2.67 bits per heavy atom. The maximum Gasteiger partial charge on any atom is 0.260 e. The number of hydrogen-bond acceptors (Lipinski definition) is 5. The molecule has 6 rings (SSSR count). The molecule has 1 saturated carbocycles. The van der Waals surface area contributed by atoms with E-state index in [1.807, 2.05) is 18.2 Å². The molecule has 1 saturated heterocycles. The number of fused-ring (bicyclic) bond motifs is 2. The zero-order valence-electron chi connectivity index (χ0n) is 28.0. The van der Waals surface area contributed by atoms with Gasteiger partial charge in [-0.2, -0.15) is 0 Å². The monoisotopic (exact) mass is 664 g/mol. The highest BCUT2D eigenvalue weighted by Gasteiger charge is 2.39. The number of amides is 1. The van der Waals surface area contributed by atoms with E-state index in [0.717, 1.165) is 81.5 Å². The smallest absolute Gasteiger partial charge is 0.260 e. The lowest BCUT2D eigenvalue weighted by molar-refractivity contribution is 0.0967. The fourth-order valence-electron chi connectivity index (χ4n) is 7.86. The second-order valence-corrected chi connectivity index (χ2v) is 16.4. The van der Waals surface area contributed by atoms with E-state index in [4.69, 9.17) is 16.3 Å². The van der Waals surface area contributed by atoms with E-state index >= 15 is 0 Å². The van der Waals surface area contributed by atoms with Gasteiger partial charge in [0.25, 0.3) is 5.91 Å². The summed E-state index contributed by atoms with van der Waals surface area (Å²) in [6, 6.07) is 12.4. The molecule has 2 aromatic carbocycles. The molecule has 4 aliphatic rings. The second kappa shape index (κ2) is 15.3. The molecular weight excluding hydrogens is 612 g/mol. The van der Waals surface area contributed by atoms with E-state index in [1.54, 1.807) is 0 Å². The molecule has 0 radical (unpaired) electrons. The Bertz CT molecular complexity index is 1430. The average molecular weight is 665 g/mol. The molecule has 3 heterocycles. The quantitative estimate of drug-likeness (QED) is 0.263. The lowest BCUT2D eigenvalue weighted by atomic mass is 9.66. The number of halogens is 1. The summed E-state index contributed by atoms with van der Waals surface area (Å²) in [5.74, 6) is 7.65. The summed E-state index contributed by atoms with van der Waals surface area (Å²) in [7, 11) is -0.490. The SMILES string of the molecule is C=S1NC(=O)c2ccc3c(c2)N(CC(c2ccc(Cl)cc2CCC)CO3)CC2CCC2C(CN2CCNCC2)/C=C/CC(C)C1C. The van der Waals surface area contributed by atoms with E-state index in [9.17, 15) is 4.79 Å². The Morgan fingerprint density at radius 1 is 1.09 bits per heavy atom. The molecule has 6 nitrogen and oxygen atoms in total. The van der Waals surface area contributed by atoms with Crippen LogP contribution >= 0.6 is 22.3 Å². The van der Waals surface area contributed by atoms with Crippen LogP contribution in [0, 0.1) is 23.7 Å². The molecule has 2 fully saturated rings. The summed E-state index contributed by atoms with van der Waals surface area (Å²) in [4.78, 5) is 18.8. The lowest BCUT2D eigenvalue weighted by Gasteiger charge is -2.45. The third kappa shape index (κ3) is 7.69. The first kappa shape index (κ1) is 33.6. The van der Waals surface area contributed by atoms with Gasteiger partial charge >= 0.3 is 0 Å².